The second kappa shape index (κ2) is 5.21. The van der Waals surface area contributed by atoms with E-state index in [9.17, 15) is 4.79 Å². The monoisotopic (exact) mass is 301 g/mol. The molecule has 0 bridgehead atoms. The molecule has 21 heavy (non-hydrogen) atoms. The molecule has 6 heteroatoms. The van der Waals surface area contributed by atoms with Crippen LogP contribution in [0, 0.1) is 6.92 Å². The van der Waals surface area contributed by atoms with Crippen LogP contribution >= 0.6 is 11.3 Å². The number of fused-ring (bicyclic) bond motifs is 1. The first-order valence-corrected chi connectivity index (χ1v) is 7.28. The fraction of sp³-hybridized carbons (Fsp3) is 0.200. The normalized spacial score (nSPS) is 10.8. The van der Waals surface area contributed by atoms with Gasteiger partial charge in [-0.25, -0.2) is 0 Å². The van der Waals surface area contributed by atoms with Crippen molar-refractivity contribution in [3.8, 4) is 5.75 Å². The molecule has 3 rings (SSSR count). The molecular formula is C15H15N3O2S. The van der Waals surface area contributed by atoms with Crippen molar-refractivity contribution in [3.63, 3.8) is 0 Å². The van der Waals surface area contributed by atoms with Crippen molar-refractivity contribution < 1.29 is 9.53 Å². The number of nitrogens with one attached hydrogen (secondary N) is 1. The van der Waals surface area contributed by atoms with Gasteiger partial charge in [0.2, 0.25) is 0 Å². The first-order chi connectivity index (χ1) is 10.1. The van der Waals surface area contributed by atoms with Crippen LogP contribution in [0.5, 0.6) is 5.75 Å². The Kier molecular flexibility index (Phi) is 3.39. The van der Waals surface area contributed by atoms with Crippen molar-refractivity contribution in [3.05, 3.63) is 40.9 Å². The van der Waals surface area contributed by atoms with Gasteiger partial charge >= 0.3 is 0 Å². The Balaban J connectivity index is 1.88. The van der Waals surface area contributed by atoms with Crippen LogP contribution in [0.2, 0.25) is 0 Å². The standard InChI is InChI=1S/C15H15N3O2S/c1-9-12-8-13(21-15(12)18(2)17-9)14(19)16-10-5-4-6-11(7-10)20-3/h4-8H,1-3H3,(H,16,19). The summed E-state index contributed by atoms with van der Waals surface area (Å²) in [5, 5.41) is 8.25. The first-order valence-electron chi connectivity index (χ1n) is 6.47. The molecule has 0 atom stereocenters. The molecule has 2 aromatic heterocycles. The number of amides is 1. The summed E-state index contributed by atoms with van der Waals surface area (Å²) >= 11 is 1.44. The Labute approximate surface area is 126 Å². The number of aryl methyl sites for hydroxylation is 2. The zero-order valence-electron chi connectivity index (χ0n) is 12.0. The Morgan fingerprint density at radius 1 is 1.38 bits per heavy atom. The summed E-state index contributed by atoms with van der Waals surface area (Å²) in [6, 6.07) is 9.19. The van der Waals surface area contributed by atoms with Gasteiger partial charge in [0.1, 0.15) is 10.6 Å². The van der Waals surface area contributed by atoms with E-state index in [1.807, 2.05) is 38.2 Å². The number of carbonyl (C=O) groups excluding carboxylic acids is 1. The van der Waals surface area contributed by atoms with E-state index in [1.165, 1.54) is 11.3 Å². The minimum atomic E-state index is -0.121. The number of ether oxygens (including phenoxy) is 1. The Morgan fingerprint density at radius 3 is 2.90 bits per heavy atom. The van der Waals surface area contributed by atoms with Crippen molar-refractivity contribution in [2.45, 2.75) is 6.92 Å². The smallest absolute Gasteiger partial charge is 0.265 e. The highest BCUT2D eigenvalue weighted by Gasteiger charge is 2.15. The molecule has 0 saturated carbocycles. The molecule has 3 aromatic rings. The van der Waals surface area contributed by atoms with Crippen LogP contribution in [0.15, 0.2) is 30.3 Å². The lowest BCUT2D eigenvalue weighted by Gasteiger charge is -2.05. The zero-order chi connectivity index (χ0) is 15.0. The van der Waals surface area contributed by atoms with E-state index in [0.29, 0.717) is 16.3 Å². The second-order valence-electron chi connectivity index (χ2n) is 4.72. The fourth-order valence-electron chi connectivity index (χ4n) is 2.21. The lowest BCUT2D eigenvalue weighted by molar-refractivity contribution is 0.103. The molecular weight excluding hydrogens is 286 g/mol. The Morgan fingerprint density at radius 2 is 2.19 bits per heavy atom. The number of benzene rings is 1. The average molecular weight is 301 g/mol. The van der Waals surface area contributed by atoms with E-state index in [2.05, 4.69) is 10.4 Å². The van der Waals surface area contributed by atoms with Gasteiger partial charge in [-0.15, -0.1) is 11.3 Å². The third-order valence-corrected chi connectivity index (χ3v) is 4.45. The van der Waals surface area contributed by atoms with Crippen LogP contribution in [0.4, 0.5) is 5.69 Å². The maximum absolute atomic E-state index is 12.3. The Hall–Kier alpha value is -2.34. The number of hydrogen-bond donors (Lipinski definition) is 1. The van der Waals surface area contributed by atoms with E-state index < -0.39 is 0 Å². The van der Waals surface area contributed by atoms with Crippen LogP contribution in [-0.2, 0) is 7.05 Å². The molecule has 0 aliphatic carbocycles. The lowest BCUT2D eigenvalue weighted by Crippen LogP contribution is -2.10. The quantitative estimate of drug-likeness (QED) is 0.808. The van der Waals surface area contributed by atoms with Gasteiger partial charge in [0.05, 0.1) is 17.7 Å². The van der Waals surface area contributed by atoms with Gasteiger partial charge in [-0.05, 0) is 25.1 Å². The predicted molar refractivity (Wildman–Crippen MR) is 84.3 cm³/mol. The first kappa shape index (κ1) is 13.6. The summed E-state index contributed by atoms with van der Waals surface area (Å²) in [5.74, 6) is 0.591. The molecule has 0 unspecified atom stereocenters. The van der Waals surface area contributed by atoms with Crippen LogP contribution < -0.4 is 10.1 Å². The maximum Gasteiger partial charge on any atom is 0.265 e. The minimum absolute atomic E-state index is 0.121. The van der Waals surface area contributed by atoms with Crippen molar-refractivity contribution in [2.24, 2.45) is 7.05 Å². The highest BCUT2D eigenvalue weighted by molar-refractivity contribution is 7.20. The third-order valence-electron chi connectivity index (χ3n) is 3.25. The Bertz CT molecular complexity index is 785. The van der Waals surface area contributed by atoms with Crippen molar-refractivity contribution in [2.75, 3.05) is 12.4 Å². The number of rotatable bonds is 3. The summed E-state index contributed by atoms with van der Waals surface area (Å²) in [5.41, 5.74) is 1.65. The van der Waals surface area contributed by atoms with Crippen LogP contribution in [0.1, 0.15) is 15.4 Å². The topological polar surface area (TPSA) is 56.1 Å². The van der Waals surface area contributed by atoms with Crippen LogP contribution in [0.3, 0.4) is 0 Å². The van der Waals surface area contributed by atoms with Gasteiger partial charge in [0.25, 0.3) is 5.91 Å². The SMILES string of the molecule is COc1cccc(NC(=O)c2cc3c(C)nn(C)c3s2)c1. The number of carbonyl (C=O) groups is 1. The molecule has 2 heterocycles. The molecule has 108 valence electrons. The van der Waals surface area contributed by atoms with Crippen LogP contribution in [0.25, 0.3) is 10.2 Å². The van der Waals surface area contributed by atoms with E-state index in [0.717, 1.165) is 15.9 Å². The molecule has 0 spiro atoms. The van der Waals surface area contributed by atoms with Gasteiger partial charge in [-0.1, -0.05) is 6.07 Å². The number of aromatic nitrogens is 2. The fourth-order valence-corrected chi connectivity index (χ4v) is 3.23. The molecule has 5 nitrogen and oxygen atoms in total. The van der Waals surface area contributed by atoms with Crippen LogP contribution in [-0.4, -0.2) is 22.8 Å². The van der Waals surface area contributed by atoms with E-state index >= 15 is 0 Å². The average Bonchev–Trinajstić information content (AvgIpc) is 3.02. The summed E-state index contributed by atoms with van der Waals surface area (Å²) in [7, 11) is 3.48. The zero-order valence-corrected chi connectivity index (χ0v) is 12.8. The number of thiophene rings is 1. The van der Waals surface area contributed by atoms with Crippen molar-refractivity contribution in [1.29, 1.82) is 0 Å². The van der Waals surface area contributed by atoms with E-state index in [1.54, 1.807) is 17.9 Å². The molecule has 0 radical (unpaired) electrons. The number of hydrogen-bond acceptors (Lipinski definition) is 4. The van der Waals surface area contributed by atoms with Crippen molar-refractivity contribution in [1.82, 2.24) is 9.78 Å². The number of nitrogens with zero attached hydrogens (tertiary/aromatic N) is 2. The summed E-state index contributed by atoms with van der Waals surface area (Å²) < 4.78 is 6.95. The van der Waals surface area contributed by atoms with Gasteiger partial charge in [0, 0.05) is 24.2 Å². The highest BCUT2D eigenvalue weighted by atomic mass is 32.1. The third kappa shape index (κ3) is 2.50. The molecule has 1 N–H and O–H groups in total. The molecule has 1 aromatic carbocycles. The minimum Gasteiger partial charge on any atom is -0.497 e. The maximum atomic E-state index is 12.3. The lowest BCUT2D eigenvalue weighted by atomic mass is 10.2. The van der Waals surface area contributed by atoms with Gasteiger partial charge < -0.3 is 10.1 Å². The van der Waals surface area contributed by atoms with E-state index in [-0.39, 0.29) is 5.91 Å². The van der Waals surface area contributed by atoms with E-state index in [4.69, 9.17) is 4.74 Å². The predicted octanol–water partition coefficient (Wildman–Crippen LogP) is 3.20. The summed E-state index contributed by atoms with van der Waals surface area (Å²) in [4.78, 5) is 14.0. The summed E-state index contributed by atoms with van der Waals surface area (Å²) in [6.07, 6.45) is 0. The molecule has 0 fully saturated rings. The number of anilines is 1. The van der Waals surface area contributed by atoms with Gasteiger partial charge in [-0.2, -0.15) is 5.10 Å². The summed E-state index contributed by atoms with van der Waals surface area (Å²) in [6.45, 7) is 1.94. The molecule has 0 aliphatic rings. The second-order valence-corrected chi connectivity index (χ2v) is 5.76. The number of methoxy groups -OCH3 is 1. The molecule has 1 amide bonds. The highest BCUT2D eigenvalue weighted by Crippen LogP contribution is 2.28. The largest absolute Gasteiger partial charge is 0.497 e. The molecule has 0 saturated heterocycles. The van der Waals surface area contributed by atoms with Gasteiger partial charge in [-0.3, -0.25) is 9.48 Å². The van der Waals surface area contributed by atoms with Gasteiger partial charge in [0.15, 0.2) is 0 Å². The van der Waals surface area contributed by atoms with Crippen molar-refractivity contribution >= 4 is 33.1 Å². The molecule has 0 aliphatic heterocycles.